The van der Waals surface area contributed by atoms with Crippen molar-refractivity contribution >= 4 is 16.6 Å². The van der Waals surface area contributed by atoms with Gasteiger partial charge in [0.05, 0.1) is 7.11 Å². The van der Waals surface area contributed by atoms with Crippen molar-refractivity contribution in [1.82, 2.24) is 4.57 Å². The first-order valence-electron chi connectivity index (χ1n) is 6.23. The quantitative estimate of drug-likeness (QED) is 0.727. The van der Waals surface area contributed by atoms with Crippen molar-refractivity contribution in [3.8, 4) is 5.75 Å². The summed E-state index contributed by atoms with van der Waals surface area (Å²) >= 11 is 0. The number of methoxy groups -OCH3 is 1. The van der Waals surface area contributed by atoms with E-state index in [0.29, 0.717) is 0 Å². The number of nitrogens with two attached hydrogens (primary N) is 1. The largest absolute Gasteiger partial charge is 0.497 e. The second-order valence-electron chi connectivity index (χ2n) is 4.61. The zero-order valence-corrected chi connectivity index (χ0v) is 10.8. The third-order valence-electron chi connectivity index (χ3n) is 3.28. The van der Waals surface area contributed by atoms with E-state index in [1.165, 1.54) is 16.5 Å². The predicted molar refractivity (Wildman–Crippen MR) is 78.4 cm³/mol. The summed E-state index contributed by atoms with van der Waals surface area (Å²) < 4.78 is 7.46. The Morgan fingerprint density at radius 2 is 2.00 bits per heavy atom. The van der Waals surface area contributed by atoms with Gasteiger partial charge < -0.3 is 15.0 Å². The predicted octanol–water partition coefficient (Wildman–Crippen LogP) is 3.28. The van der Waals surface area contributed by atoms with Gasteiger partial charge in [-0.05, 0) is 42.0 Å². The molecule has 0 aliphatic carbocycles. The molecule has 3 rings (SSSR count). The van der Waals surface area contributed by atoms with E-state index in [-0.39, 0.29) is 0 Å². The molecule has 96 valence electrons. The van der Waals surface area contributed by atoms with E-state index in [2.05, 4.69) is 35.0 Å². The van der Waals surface area contributed by atoms with Crippen molar-refractivity contribution in [1.29, 1.82) is 0 Å². The second kappa shape index (κ2) is 4.69. The van der Waals surface area contributed by atoms with Crippen LogP contribution in [0.3, 0.4) is 0 Å². The highest BCUT2D eigenvalue weighted by Crippen LogP contribution is 2.21. The maximum Gasteiger partial charge on any atom is 0.119 e. The summed E-state index contributed by atoms with van der Waals surface area (Å²) in [5.41, 5.74) is 9.00. The van der Waals surface area contributed by atoms with Crippen molar-refractivity contribution in [2.24, 2.45) is 0 Å². The lowest BCUT2D eigenvalue weighted by molar-refractivity contribution is 0.414. The summed E-state index contributed by atoms with van der Waals surface area (Å²) in [6.07, 6.45) is 2.09. The van der Waals surface area contributed by atoms with Crippen molar-refractivity contribution in [3.05, 3.63) is 60.3 Å². The topological polar surface area (TPSA) is 40.2 Å². The number of ether oxygens (including phenoxy) is 1. The highest BCUT2D eigenvalue weighted by molar-refractivity contribution is 5.83. The van der Waals surface area contributed by atoms with Crippen LogP contribution in [0.5, 0.6) is 5.75 Å². The first-order chi connectivity index (χ1) is 9.26. The Morgan fingerprint density at radius 3 is 2.84 bits per heavy atom. The normalized spacial score (nSPS) is 10.8. The van der Waals surface area contributed by atoms with Gasteiger partial charge >= 0.3 is 0 Å². The molecule has 0 bridgehead atoms. The van der Waals surface area contributed by atoms with Gasteiger partial charge in [0, 0.05) is 29.3 Å². The Hall–Kier alpha value is -2.42. The Kier molecular flexibility index (Phi) is 2.88. The number of hydrogen-bond donors (Lipinski definition) is 1. The fraction of sp³-hybridized carbons (Fsp3) is 0.125. The first-order valence-corrected chi connectivity index (χ1v) is 6.23. The van der Waals surface area contributed by atoms with Crippen LogP contribution in [-0.2, 0) is 6.54 Å². The van der Waals surface area contributed by atoms with E-state index in [4.69, 9.17) is 10.5 Å². The lowest BCUT2D eigenvalue weighted by Gasteiger charge is -2.07. The van der Waals surface area contributed by atoms with Crippen molar-refractivity contribution in [3.63, 3.8) is 0 Å². The average Bonchev–Trinajstić information content (AvgIpc) is 2.81. The number of nitrogen functional groups attached to an aromatic ring is 1. The molecular formula is C16H16N2O. The smallest absolute Gasteiger partial charge is 0.119 e. The molecule has 0 spiro atoms. The Balaban J connectivity index is 1.96. The lowest BCUT2D eigenvalue weighted by Crippen LogP contribution is -1.98. The van der Waals surface area contributed by atoms with E-state index in [9.17, 15) is 0 Å². The van der Waals surface area contributed by atoms with E-state index >= 15 is 0 Å². The molecule has 1 heterocycles. The SMILES string of the molecule is COc1cccc(Cn2ccc3cc(N)ccc32)c1. The highest BCUT2D eigenvalue weighted by atomic mass is 16.5. The maximum atomic E-state index is 5.80. The average molecular weight is 252 g/mol. The summed E-state index contributed by atoms with van der Waals surface area (Å²) in [6.45, 7) is 0.824. The number of hydrogen-bond acceptors (Lipinski definition) is 2. The van der Waals surface area contributed by atoms with Gasteiger partial charge in [0.1, 0.15) is 5.75 Å². The summed E-state index contributed by atoms with van der Waals surface area (Å²) in [7, 11) is 1.69. The van der Waals surface area contributed by atoms with Crippen LogP contribution >= 0.6 is 0 Å². The monoisotopic (exact) mass is 252 g/mol. The minimum Gasteiger partial charge on any atom is -0.497 e. The molecule has 0 aliphatic rings. The molecule has 1 aromatic heterocycles. The van der Waals surface area contributed by atoms with Gasteiger partial charge in [0.2, 0.25) is 0 Å². The van der Waals surface area contributed by atoms with E-state index in [1.807, 2.05) is 24.3 Å². The number of fused-ring (bicyclic) bond motifs is 1. The molecule has 0 atom stereocenters. The van der Waals surface area contributed by atoms with Crippen LogP contribution in [0, 0.1) is 0 Å². The van der Waals surface area contributed by atoms with Crippen LogP contribution in [0.1, 0.15) is 5.56 Å². The van der Waals surface area contributed by atoms with Crippen molar-refractivity contribution in [2.45, 2.75) is 6.54 Å². The second-order valence-corrected chi connectivity index (χ2v) is 4.61. The number of rotatable bonds is 3. The van der Waals surface area contributed by atoms with Crippen LogP contribution in [0.2, 0.25) is 0 Å². The molecule has 2 aromatic carbocycles. The van der Waals surface area contributed by atoms with Gasteiger partial charge in [-0.25, -0.2) is 0 Å². The molecule has 0 unspecified atom stereocenters. The molecule has 19 heavy (non-hydrogen) atoms. The fourth-order valence-corrected chi connectivity index (χ4v) is 2.32. The molecule has 0 fully saturated rings. The molecule has 0 amide bonds. The van der Waals surface area contributed by atoms with Crippen molar-refractivity contribution in [2.75, 3.05) is 12.8 Å². The molecule has 0 aliphatic heterocycles. The van der Waals surface area contributed by atoms with E-state index in [0.717, 1.165) is 18.0 Å². The maximum absolute atomic E-state index is 5.80. The molecular weight excluding hydrogens is 236 g/mol. The Labute approximate surface area is 112 Å². The number of aromatic nitrogens is 1. The minimum atomic E-state index is 0.798. The van der Waals surface area contributed by atoms with Gasteiger partial charge in [-0.2, -0.15) is 0 Å². The van der Waals surface area contributed by atoms with Crippen molar-refractivity contribution < 1.29 is 4.74 Å². The summed E-state index contributed by atoms with van der Waals surface area (Å²) in [6, 6.07) is 16.2. The standard InChI is InChI=1S/C16H16N2O/c1-19-15-4-2-3-12(9-15)11-18-8-7-13-10-14(17)5-6-16(13)18/h2-10H,11,17H2,1H3. The Morgan fingerprint density at radius 1 is 1.11 bits per heavy atom. The summed E-state index contributed by atoms with van der Waals surface area (Å²) in [5, 5.41) is 1.17. The molecule has 0 saturated carbocycles. The third kappa shape index (κ3) is 2.27. The first kappa shape index (κ1) is 11.7. The van der Waals surface area contributed by atoms with Gasteiger partial charge in [-0.3, -0.25) is 0 Å². The third-order valence-corrected chi connectivity index (χ3v) is 3.28. The highest BCUT2D eigenvalue weighted by Gasteiger charge is 2.03. The lowest BCUT2D eigenvalue weighted by atomic mass is 10.2. The van der Waals surface area contributed by atoms with Gasteiger partial charge in [0.25, 0.3) is 0 Å². The van der Waals surface area contributed by atoms with Crippen LogP contribution in [-0.4, -0.2) is 11.7 Å². The zero-order valence-electron chi connectivity index (χ0n) is 10.8. The van der Waals surface area contributed by atoms with E-state index in [1.54, 1.807) is 7.11 Å². The van der Waals surface area contributed by atoms with Gasteiger partial charge in [-0.15, -0.1) is 0 Å². The molecule has 2 N–H and O–H groups in total. The zero-order chi connectivity index (χ0) is 13.2. The number of anilines is 1. The fourth-order valence-electron chi connectivity index (χ4n) is 2.32. The van der Waals surface area contributed by atoms with Crippen LogP contribution in [0.4, 0.5) is 5.69 Å². The van der Waals surface area contributed by atoms with Crippen LogP contribution in [0.25, 0.3) is 10.9 Å². The molecule has 3 aromatic rings. The summed E-state index contributed by atoms with van der Waals surface area (Å²) in [5.74, 6) is 0.887. The van der Waals surface area contributed by atoms with Gasteiger partial charge in [-0.1, -0.05) is 12.1 Å². The molecule has 3 nitrogen and oxygen atoms in total. The van der Waals surface area contributed by atoms with E-state index < -0.39 is 0 Å². The Bertz CT molecular complexity index is 716. The van der Waals surface area contributed by atoms with Crippen LogP contribution in [0.15, 0.2) is 54.7 Å². The van der Waals surface area contributed by atoms with Gasteiger partial charge in [0.15, 0.2) is 0 Å². The number of benzene rings is 2. The van der Waals surface area contributed by atoms with Crippen LogP contribution < -0.4 is 10.5 Å². The molecule has 3 heteroatoms. The minimum absolute atomic E-state index is 0.798. The number of nitrogens with zero attached hydrogens (tertiary/aromatic N) is 1. The molecule has 0 saturated heterocycles. The molecule has 0 radical (unpaired) electrons. The summed E-state index contributed by atoms with van der Waals surface area (Å²) in [4.78, 5) is 0.